The molecule has 0 aliphatic carbocycles. The largest absolute Gasteiger partial charge is 0.492 e. The lowest BCUT2D eigenvalue weighted by Crippen LogP contribution is -2.50. The van der Waals surface area contributed by atoms with Crippen LogP contribution in [0.25, 0.3) is 0 Å². The number of halogens is 2. The van der Waals surface area contributed by atoms with Crippen LogP contribution in [0.5, 0.6) is 5.75 Å². The Bertz CT molecular complexity index is 762. The van der Waals surface area contributed by atoms with E-state index in [1.165, 1.54) is 12.1 Å². The second-order valence-corrected chi connectivity index (χ2v) is 6.37. The average Bonchev–Trinajstić information content (AvgIpc) is 2.65. The van der Waals surface area contributed by atoms with Gasteiger partial charge in [0.1, 0.15) is 11.6 Å². The standard InChI is InChI=1S/C19H21ClFN3O2/c1-2-26-18-8-5-15(13-17(18)20)22-19(25)24-11-9-23(10-12-24)16-6-3-14(21)4-7-16/h3-8,13H,2,9-12H2,1H3,(H,22,25). The summed E-state index contributed by atoms with van der Waals surface area (Å²) in [5, 5.41) is 3.33. The number of urea groups is 1. The van der Waals surface area contributed by atoms with Crippen LogP contribution in [0.3, 0.4) is 0 Å². The summed E-state index contributed by atoms with van der Waals surface area (Å²) in [5.41, 5.74) is 1.59. The molecule has 26 heavy (non-hydrogen) atoms. The number of hydrogen-bond donors (Lipinski definition) is 1. The SMILES string of the molecule is CCOc1ccc(NC(=O)N2CCN(c3ccc(F)cc3)CC2)cc1Cl. The molecule has 0 spiro atoms. The van der Waals surface area contributed by atoms with E-state index >= 15 is 0 Å². The van der Waals surface area contributed by atoms with Gasteiger partial charge >= 0.3 is 6.03 Å². The van der Waals surface area contributed by atoms with Crippen LogP contribution >= 0.6 is 11.6 Å². The Morgan fingerprint density at radius 3 is 2.46 bits per heavy atom. The van der Waals surface area contributed by atoms with E-state index in [1.54, 1.807) is 35.2 Å². The fourth-order valence-electron chi connectivity index (χ4n) is 2.87. The number of benzene rings is 2. The summed E-state index contributed by atoms with van der Waals surface area (Å²) in [5.74, 6) is 0.348. The van der Waals surface area contributed by atoms with E-state index in [1.807, 2.05) is 6.92 Å². The number of ether oxygens (including phenoxy) is 1. The van der Waals surface area contributed by atoms with Crippen molar-refractivity contribution in [1.82, 2.24) is 4.90 Å². The lowest BCUT2D eigenvalue weighted by Gasteiger charge is -2.36. The normalized spacial score (nSPS) is 14.3. The highest BCUT2D eigenvalue weighted by Crippen LogP contribution is 2.28. The monoisotopic (exact) mass is 377 g/mol. The number of carbonyl (C=O) groups excluding carboxylic acids is 1. The molecule has 5 nitrogen and oxygen atoms in total. The van der Waals surface area contributed by atoms with Crippen molar-refractivity contribution in [2.75, 3.05) is 43.0 Å². The quantitative estimate of drug-likeness (QED) is 0.867. The van der Waals surface area contributed by atoms with Crippen molar-refractivity contribution in [1.29, 1.82) is 0 Å². The molecule has 0 aromatic heterocycles. The van der Waals surface area contributed by atoms with Gasteiger partial charge in [0.05, 0.1) is 11.6 Å². The maximum Gasteiger partial charge on any atom is 0.321 e. The molecule has 0 atom stereocenters. The molecular weight excluding hydrogens is 357 g/mol. The van der Waals surface area contributed by atoms with E-state index in [2.05, 4.69) is 10.2 Å². The number of rotatable bonds is 4. The Balaban J connectivity index is 1.55. The predicted octanol–water partition coefficient (Wildman–Crippen LogP) is 4.23. The zero-order valence-electron chi connectivity index (χ0n) is 14.5. The predicted molar refractivity (Wildman–Crippen MR) is 102 cm³/mol. The zero-order valence-corrected chi connectivity index (χ0v) is 15.3. The van der Waals surface area contributed by atoms with Gasteiger partial charge < -0.3 is 19.9 Å². The molecule has 0 radical (unpaired) electrons. The summed E-state index contributed by atoms with van der Waals surface area (Å²) >= 11 is 6.15. The van der Waals surface area contributed by atoms with Gasteiger partial charge in [-0.05, 0) is 49.4 Å². The van der Waals surface area contributed by atoms with E-state index < -0.39 is 0 Å². The Kier molecular flexibility index (Phi) is 5.83. The number of amides is 2. The summed E-state index contributed by atoms with van der Waals surface area (Å²) in [6.07, 6.45) is 0. The van der Waals surface area contributed by atoms with Crippen molar-refractivity contribution >= 4 is 29.0 Å². The lowest BCUT2D eigenvalue weighted by molar-refractivity contribution is 0.208. The number of nitrogens with zero attached hydrogens (tertiary/aromatic N) is 2. The summed E-state index contributed by atoms with van der Waals surface area (Å²) in [7, 11) is 0. The Morgan fingerprint density at radius 2 is 1.85 bits per heavy atom. The molecular formula is C19H21ClFN3O2. The maximum absolute atomic E-state index is 13.0. The number of hydrogen-bond acceptors (Lipinski definition) is 3. The van der Waals surface area contributed by atoms with Crippen LogP contribution in [0, 0.1) is 5.82 Å². The Hall–Kier alpha value is -2.47. The molecule has 138 valence electrons. The lowest BCUT2D eigenvalue weighted by atomic mass is 10.2. The molecule has 1 saturated heterocycles. The van der Waals surface area contributed by atoms with Gasteiger partial charge in [0, 0.05) is 37.6 Å². The highest BCUT2D eigenvalue weighted by Gasteiger charge is 2.21. The first-order valence-corrected chi connectivity index (χ1v) is 8.93. The third-order valence-electron chi connectivity index (χ3n) is 4.24. The summed E-state index contributed by atoms with van der Waals surface area (Å²) < 4.78 is 18.4. The van der Waals surface area contributed by atoms with E-state index in [0.29, 0.717) is 49.2 Å². The van der Waals surface area contributed by atoms with Crippen LogP contribution in [0.4, 0.5) is 20.6 Å². The number of nitrogens with one attached hydrogen (secondary N) is 1. The fraction of sp³-hybridized carbons (Fsp3) is 0.316. The highest BCUT2D eigenvalue weighted by atomic mass is 35.5. The molecule has 0 unspecified atom stereocenters. The topological polar surface area (TPSA) is 44.8 Å². The van der Waals surface area contributed by atoms with Crippen LogP contribution in [0.1, 0.15) is 6.92 Å². The number of carbonyl (C=O) groups is 1. The Morgan fingerprint density at radius 1 is 1.15 bits per heavy atom. The van der Waals surface area contributed by atoms with Crippen molar-refractivity contribution < 1.29 is 13.9 Å². The van der Waals surface area contributed by atoms with Crippen LogP contribution in [0.2, 0.25) is 5.02 Å². The zero-order chi connectivity index (χ0) is 18.5. The molecule has 2 amide bonds. The van der Waals surface area contributed by atoms with Crippen molar-refractivity contribution in [3.05, 3.63) is 53.3 Å². The fourth-order valence-corrected chi connectivity index (χ4v) is 3.11. The molecule has 7 heteroatoms. The first-order valence-electron chi connectivity index (χ1n) is 8.55. The molecule has 1 heterocycles. The smallest absolute Gasteiger partial charge is 0.321 e. The van der Waals surface area contributed by atoms with Gasteiger partial charge in [0.2, 0.25) is 0 Å². The van der Waals surface area contributed by atoms with Crippen LogP contribution in [-0.4, -0.2) is 43.7 Å². The van der Waals surface area contributed by atoms with Crippen LogP contribution in [-0.2, 0) is 0 Å². The first kappa shape index (κ1) is 18.3. The van der Waals surface area contributed by atoms with Gasteiger partial charge in [-0.1, -0.05) is 11.6 Å². The Labute approximate surface area is 157 Å². The van der Waals surface area contributed by atoms with Crippen LogP contribution in [0.15, 0.2) is 42.5 Å². The summed E-state index contributed by atoms with van der Waals surface area (Å²) in [6, 6.07) is 11.4. The van der Waals surface area contributed by atoms with Crippen LogP contribution < -0.4 is 15.0 Å². The number of piperazine rings is 1. The molecule has 1 aliphatic rings. The molecule has 3 rings (SSSR count). The van der Waals surface area contributed by atoms with Gasteiger partial charge in [-0.15, -0.1) is 0 Å². The van der Waals surface area contributed by atoms with E-state index in [-0.39, 0.29) is 11.8 Å². The molecule has 1 aliphatic heterocycles. The van der Waals surface area contributed by atoms with Crippen molar-refractivity contribution in [3.63, 3.8) is 0 Å². The van der Waals surface area contributed by atoms with Gasteiger partial charge in [-0.3, -0.25) is 0 Å². The summed E-state index contributed by atoms with van der Waals surface area (Å²) in [6.45, 7) is 5.00. The van der Waals surface area contributed by atoms with Crippen molar-refractivity contribution in [2.45, 2.75) is 6.92 Å². The molecule has 2 aromatic rings. The van der Waals surface area contributed by atoms with Crippen molar-refractivity contribution in [3.8, 4) is 5.75 Å². The third kappa shape index (κ3) is 4.38. The summed E-state index contributed by atoms with van der Waals surface area (Å²) in [4.78, 5) is 16.3. The van der Waals surface area contributed by atoms with Gasteiger partial charge in [-0.25, -0.2) is 9.18 Å². The van der Waals surface area contributed by atoms with E-state index in [9.17, 15) is 9.18 Å². The second-order valence-electron chi connectivity index (χ2n) is 5.96. The molecule has 1 fully saturated rings. The number of anilines is 2. The van der Waals surface area contributed by atoms with Gasteiger partial charge in [0.25, 0.3) is 0 Å². The first-order chi connectivity index (χ1) is 12.6. The average molecular weight is 378 g/mol. The molecule has 1 N–H and O–H groups in total. The van der Waals surface area contributed by atoms with E-state index in [4.69, 9.17) is 16.3 Å². The minimum absolute atomic E-state index is 0.163. The molecule has 0 saturated carbocycles. The minimum atomic E-state index is -0.249. The highest BCUT2D eigenvalue weighted by molar-refractivity contribution is 6.32. The molecule has 2 aromatic carbocycles. The van der Waals surface area contributed by atoms with Gasteiger partial charge in [-0.2, -0.15) is 0 Å². The molecule has 0 bridgehead atoms. The maximum atomic E-state index is 13.0. The van der Waals surface area contributed by atoms with Crippen molar-refractivity contribution in [2.24, 2.45) is 0 Å². The van der Waals surface area contributed by atoms with E-state index in [0.717, 1.165) is 5.69 Å². The minimum Gasteiger partial charge on any atom is -0.492 e. The third-order valence-corrected chi connectivity index (χ3v) is 4.54. The van der Waals surface area contributed by atoms with Gasteiger partial charge in [0.15, 0.2) is 0 Å². The second kappa shape index (κ2) is 8.27.